The van der Waals surface area contributed by atoms with Crippen molar-refractivity contribution in [2.75, 3.05) is 31.6 Å². The fourth-order valence-electron chi connectivity index (χ4n) is 4.32. The molecule has 1 atom stereocenters. The van der Waals surface area contributed by atoms with Crippen molar-refractivity contribution < 1.29 is 27.5 Å². The lowest BCUT2D eigenvalue weighted by Crippen LogP contribution is -2.52. The second-order valence-corrected chi connectivity index (χ2v) is 12.4. The molecule has 0 aromatic heterocycles. The lowest BCUT2D eigenvalue weighted by Gasteiger charge is -2.33. The fourth-order valence-corrected chi connectivity index (χ4v) is 5.86. The SMILES string of the molecule is CC[C@H](C(=O)NCC(C)C)N(Cc1cccc(OC)c1)C(=O)CN(c1ccc(Cl)cc1)S(=O)(=O)c1ccc(OC)cc1. The van der Waals surface area contributed by atoms with Crippen molar-refractivity contribution in [3.63, 3.8) is 0 Å². The van der Waals surface area contributed by atoms with Crippen LogP contribution in [-0.2, 0) is 26.2 Å². The van der Waals surface area contributed by atoms with Gasteiger partial charge in [-0.1, -0.05) is 44.5 Å². The van der Waals surface area contributed by atoms with Gasteiger partial charge in [-0.2, -0.15) is 0 Å². The van der Waals surface area contributed by atoms with Gasteiger partial charge in [0.25, 0.3) is 10.0 Å². The predicted octanol–water partition coefficient (Wildman–Crippen LogP) is 5.13. The molecule has 0 spiro atoms. The van der Waals surface area contributed by atoms with Gasteiger partial charge in [-0.3, -0.25) is 13.9 Å². The van der Waals surface area contributed by atoms with Gasteiger partial charge in [-0.15, -0.1) is 0 Å². The Morgan fingerprint density at radius 1 is 0.929 bits per heavy atom. The van der Waals surface area contributed by atoms with Crippen LogP contribution in [0.1, 0.15) is 32.8 Å². The monoisotopic (exact) mass is 615 g/mol. The first-order valence-corrected chi connectivity index (χ1v) is 15.4. The maximum atomic E-state index is 14.1. The van der Waals surface area contributed by atoms with Crippen LogP contribution in [0.2, 0.25) is 5.02 Å². The van der Waals surface area contributed by atoms with E-state index < -0.39 is 28.5 Å². The number of benzene rings is 3. The first kappa shape index (κ1) is 32.8. The predicted molar refractivity (Wildman–Crippen MR) is 164 cm³/mol. The summed E-state index contributed by atoms with van der Waals surface area (Å²) in [5.41, 5.74) is 0.982. The number of carbonyl (C=O) groups is 2. The van der Waals surface area contributed by atoms with Crippen molar-refractivity contribution in [1.82, 2.24) is 10.2 Å². The third kappa shape index (κ3) is 8.39. The molecule has 0 unspecified atom stereocenters. The summed E-state index contributed by atoms with van der Waals surface area (Å²) < 4.78 is 39.5. The molecule has 0 radical (unpaired) electrons. The molecule has 0 heterocycles. The van der Waals surface area contributed by atoms with E-state index in [1.807, 2.05) is 26.8 Å². The number of ether oxygens (including phenoxy) is 2. The number of nitrogens with zero attached hydrogens (tertiary/aromatic N) is 2. The quantitative estimate of drug-likeness (QED) is 0.270. The van der Waals surface area contributed by atoms with E-state index in [0.717, 1.165) is 9.87 Å². The lowest BCUT2D eigenvalue weighted by atomic mass is 10.1. The second-order valence-electron chi connectivity index (χ2n) is 10.1. The van der Waals surface area contributed by atoms with Crippen molar-refractivity contribution in [2.24, 2.45) is 5.92 Å². The number of amides is 2. The maximum Gasteiger partial charge on any atom is 0.264 e. The van der Waals surface area contributed by atoms with E-state index in [1.165, 1.54) is 48.4 Å². The van der Waals surface area contributed by atoms with Gasteiger partial charge in [-0.05, 0) is 78.6 Å². The largest absolute Gasteiger partial charge is 0.497 e. The average molecular weight is 616 g/mol. The summed E-state index contributed by atoms with van der Waals surface area (Å²) in [4.78, 5) is 28.9. The van der Waals surface area contributed by atoms with Gasteiger partial charge in [0.2, 0.25) is 11.8 Å². The topological polar surface area (TPSA) is 105 Å². The molecular formula is C31H38ClN3O6S. The molecule has 3 aromatic rings. The van der Waals surface area contributed by atoms with Crippen LogP contribution in [0.25, 0.3) is 0 Å². The fraction of sp³-hybridized carbons (Fsp3) is 0.355. The minimum atomic E-state index is -4.21. The number of hydrogen-bond acceptors (Lipinski definition) is 6. The van der Waals surface area contributed by atoms with Crippen molar-refractivity contribution in [3.05, 3.63) is 83.4 Å². The number of rotatable bonds is 14. The normalized spacial score (nSPS) is 12.0. The van der Waals surface area contributed by atoms with Crippen molar-refractivity contribution >= 4 is 39.1 Å². The molecular weight excluding hydrogens is 578 g/mol. The summed E-state index contributed by atoms with van der Waals surface area (Å²) in [5.74, 6) is 0.451. The summed E-state index contributed by atoms with van der Waals surface area (Å²) in [7, 11) is -1.18. The summed E-state index contributed by atoms with van der Waals surface area (Å²) >= 11 is 6.09. The zero-order valence-corrected chi connectivity index (χ0v) is 26.1. The zero-order valence-electron chi connectivity index (χ0n) is 24.5. The van der Waals surface area contributed by atoms with Crippen LogP contribution >= 0.6 is 11.6 Å². The number of methoxy groups -OCH3 is 2. The van der Waals surface area contributed by atoms with Crippen LogP contribution in [0.4, 0.5) is 5.69 Å². The third-order valence-electron chi connectivity index (χ3n) is 6.60. The Labute approximate surface area is 253 Å². The maximum absolute atomic E-state index is 14.1. The first-order valence-electron chi connectivity index (χ1n) is 13.6. The number of anilines is 1. The molecule has 0 aliphatic carbocycles. The van der Waals surface area contributed by atoms with Crippen molar-refractivity contribution in [1.29, 1.82) is 0 Å². The number of halogens is 1. The zero-order chi connectivity index (χ0) is 30.9. The number of hydrogen-bond donors (Lipinski definition) is 1. The number of carbonyl (C=O) groups excluding carboxylic acids is 2. The van der Waals surface area contributed by atoms with E-state index >= 15 is 0 Å². The van der Waals surface area contributed by atoms with Gasteiger partial charge >= 0.3 is 0 Å². The van der Waals surface area contributed by atoms with Crippen LogP contribution < -0.4 is 19.1 Å². The van der Waals surface area contributed by atoms with Gasteiger partial charge in [0.1, 0.15) is 24.1 Å². The molecule has 0 aliphatic rings. The Morgan fingerprint density at radius 3 is 2.14 bits per heavy atom. The van der Waals surface area contributed by atoms with E-state index in [-0.39, 0.29) is 29.0 Å². The van der Waals surface area contributed by atoms with Crippen molar-refractivity contribution in [2.45, 2.75) is 44.7 Å². The van der Waals surface area contributed by atoms with Crippen LogP contribution in [-0.4, -0.2) is 58.5 Å². The second kappa shape index (κ2) is 14.9. The van der Waals surface area contributed by atoms with E-state index in [0.29, 0.717) is 29.5 Å². The van der Waals surface area contributed by atoms with Crippen LogP contribution in [0.15, 0.2) is 77.7 Å². The molecule has 3 rings (SSSR count). The van der Waals surface area contributed by atoms with Crippen LogP contribution in [0, 0.1) is 5.92 Å². The highest BCUT2D eigenvalue weighted by molar-refractivity contribution is 7.92. The molecule has 0 saturated carbocycles. The highest BCUT2D eigenvalue weighted by Gasteiger charge is 2.33. The number of nitrogens with one attached hydrogen (secondary N) is 1. The molecule has 11 heteroatoms. The Hall–Kier alpha value is -3.76. The standard InChI is InChI=1S/C31H38ClN3O6S/c1-6-29(31(37)33-19-22(2)3)34(20-23-8-7-9-27(18-23)41-5)30(36)21-35(25-12-10-24(32)11-13-25)42(38,39)28-16-14-26(40-4)15-17-28/h7-18,22,29H,6,19-21H2,1-5H3,(H,33,37)/t29-/m1/s1. The Morgan fingerprint density at radius 2 is 1.57 bits per heavy atom. The molecule has 226 valence electrons. The molecule has 2 amide bonds. The smallest absolute Gasteiger partial charge is 0.264 e. The molecule has 1 N–H and O–H groups in total. The first-order chi connectivity index (χ1) is 20.0. The van der Waals surface area contributed by atoms with Crippen molar-refractivity contribution in [3.8, 4) is 11.5 Å². The molecule has 42 heavy (non-hydrogen) atoms. The van der Waals surface area contributed by atoms with Gasteiger partial charge in [0.05, 0.1) is 24.8 Å². The summed E-state index contributed by atoms with van der Waals surface area (Å²) in [6.45, 7) is 5.74. The van der Waals surface area contributed by atoms with Gasteiger partial charge < -0.3 is 19.7 Å². The summed E-state index contributed by atoms with van der Waals surface area (Å²) in [6.07, 6.45) is 0.325. The summed E-state index contributed by atoms with van der Waals surface area (Å²) in [5, 5.41) is 3.34. The van der Waals surface area contributed by atoms with Crippen LogP contribution in [0.5, 0.6) is 11.5 Å². The molecule has 3 aromatic carbocycles. The Balaban J connectivity index is 2.05. The average Bonchev–Trinajstić information content (AvgIpc) is 2.99. The third-order valence-corrected chi connectivity index (χ3v) is 8.64. The molecule has 0 aliphatic heterocycles. The molecule has 0 fully saturated rings. The number of sulfonamides is 1. The van der Waals surface area contributed by atoms with E-state index in [9.17, 15) is 18.0 Å². The minimum absolute atomic E-state index is 0.0212. The molecule has 0 bridgehead atoms. The van der Waals surface area contributed by atoms with E-state index in [2.05, 4.69) is 5.32 Å². The van der Waals surface area contributed by atoms with Gasteiger partial charge in [0, 0.05) is 18.1 Å². The Bertz CT molecular complexity index is 1450. The van der Waals surface area contributed by atoms with E-state index in [4.69, 9.17) is 21.1 Å². The molecule has 0 saturated heterocycles. The van der Waals surface area contributed by atoms with Gasteiger partial charge in [0.15, 0.2) is 0 Å². The minimum Gasteiger partial charge on any atom is -0.497 e. The lowest BCUT2D eigenvalue weighted by molar-refractivity contribution is -0.140. The van der Waals surface area contributed by atoms with Gasteiger partial charge in [-0.25, -0.2) is 8.42 Å². The van der Waals surface area contributed by atoms with Crippen LogP contribution in [0.3, 0.4) is 0 Å². The highest BCUT2D eigenvalue weighted by atomic mass is 35.5. The van der Waals surface area contributed by atoms with E-state index in [1.54, 1.807) is 37.4 Å². The highest BCUT2D eigenvalue weighted by Crippen LogP contribution is 2.27. The Kier molecular flexibility index (Phi) is 11.6. The summed E-state index contributed by atoms with van der Waals surface area (Å²) in [6, 6.07) is 18.5. The molecule has 9 nitrogen and oxygen atoms in total.